The Bertz CT molecular complexity index is 207. The molecular formula is C9H15NO3. The van der Waals surface area contributed by atoms with Crippen molar-refractivity contribution in [1.82, 2.24) is 4.90 Å². The second-order valence-corrected chi connectivity index (χ2v) is 3.68. The molecule has 4 nitrogen and oxygen atoms in total. The quantitative estimate of drug-likeness (QED) is 0.631. The van der Waals surface area contributed by atoms with E-state index in [9.17, 15) is 4.79 Å². The Morgan fingerprint density at radius 2 is 2.54 bits per heavy atom. The van der Waals surface area contributed by atoms with E-state index in [0.717, 1.165) is 19.4 Å². The minimum absolute atomic E-state index is 0.175. The highest BCUT2D eigenvalue weighted by Crippen LogP contribution is 2.30. The summed E-state index contributed by atoms with van der Waals surface area (Å²) in [4.78, 5) is 13.5. The maximum absolute atomic E-state index is 11.7. The van der Waals surface area contributed by atoms with Crippen molar-refractivity contribution in [3.8, 4) is 0 Å². The van der Waals surface area contributed by atoms with Crippen LogP contribution in [0.5, 0.6) is 0 Å². The average molecular weight is 185 g/mol. The summed E-state index contributed by atoms with van der Waals surface area (Å²) in [6, 6.07) is 0.342. The molecule has 2 atom stereocenters. The van der Waals surface area contributed by atoms with Gasteiger partial charge in [-0.2, -0.15) is 0 Å². The lowest BCUT2D eigenvalue weighted by Gasteiger charge is -2.12. The smallest absolute Gasteiger partial charge is 0.228 e. The van der Waals surface area contributed by atoms with Crippen LogP contribution in [0.3, 0.4) is 0 Å². The molecule has 0 spiro atoms. The summed E-state index contributed by atoms with van der Waals surface area (Å²) >= 11 is 0. The number of ether oxygens (including phenoxy) is 2. The molecule has 0 bridgehead atoms. The molecule has 0 N–H and O–H groups in total. The Hall–Kier alpha value is -0.610. The number of methoxy groups -OCH3 is 1. The number of amides is 1. The first-order valence-corrected chi connectivity index (χ1v) is 4.70. The Balaban J connectivity index is 1.91. The zero-order valence-electron chi connectivity index (χ0n) is 7.86. The lowest BCUT2D eigenvalue weighted by atomic mass is 10.0. The number of rotatable bonds is 3. The highest BCUT2D eigenvalue weighted by Gasteiger charge is 2.42. The lowest BCUT2D eigenvalue weighted by Crippen LogP contribution is -2.29. The van der Waals surface area contributed by atoms with Crippen LogP contribution in [-0.4, -0.2) is 43.9 Å². The van der Waals surface area contributed by atoms with Crippen molar-refractivity contribution < 1.29 is 14.3 Å². The minimum atomic E-state index is 0.175. The molecule has 0 aromatic carbocycles. The summed E-state index contributed by atoms with van der Waals surface area (Å²) in [7, 11) is 1.67. The Morgan fingerprint density at radius 3 is 3.23 bits per heavy atom. The van der Waals surface area contributed by atoms with Crippen LogP contribution >= 0.6 is 0 Å². The van der Waals surface area contributed by atoms with Gasteiger partial charge in [-0.05, 0) is 12.8 Å². The molecule has 4 heteroatoms. The lowest BCUT2D eigenvalue weighted by molar-refractivity contribution is -0.133. The fourth-order valence-corrected chi connectivity index (χ4v) is 2.09. The van der Waals surface area contributed by atoms with Gasteiger partial charge < -0.3 is 14.4 Å². The zero-order valence-corrected chi connectivity index (χ0v) is 7.86. The zero-order chi connectivity index (χ0) is 9.26. The van der Waals surface area contributed by atoms with Crippen LogP contribution < -0.4 is 0 Å². The molecule has 0 aromatic heterocycles. The molecule has 2 aliphatic heterocycles. The number of carbonyl (C=O) groups excluding carboxylic acids is 1. The molecular weight excluding hydrogens is 170 g/mol. The maximum Gasteiger partial charge on any atom is 0.228 e. The molecule has 13 heavy (non-hydrogen) atoms. The van der Waals surface area contributed by atoms with Crippen molar-refractivity contribution >= 4 is 5.91 Å². The molecule has 2 unspecified atom stereocenters. The molecule has 0 aromatic rings. The third-order valence-electron chi connectivity index (χ3n) is 2.84. The van der Waals surface area contributed by atoms with E-state index >= 15 is 0 Å². The third-order valence-corrected chi connectivity index (χ3v) is 2.84. The van der Waals surface area contributed by atoms with E-state index in [0.29, 0.717) is 19.4 Å². The molecule has 2 aliphatic rings. The highest BCUT2D eigenvalue weighted by atomic mass is 16.5. The van der Waals surface area contributed by atoms with Crippen molar-refractivity contribution in [3.63, 3.8) is 0 Å². The average Bonchev–Trinajstić information content (AvgIpc) is 2.67. The number of hydrogen-bond acceptors (Lipinski definition) is 3. The normalized spacial score (nSPS) is 32.7. The van der Waals surface area contributed by atoms with E-state index in [1.54, 1.807) is 7.11 Å². The number of hydrogen-bond donors (Lipinski definition) is 0. The second-order valence-electron chi connectivity index (χ2n) is 3.68. The van der Waals surface area contributed by atoms with Crippen molar-refractivity contribution in [2.45, 2.75) is 18.9 Å². The van der Waals surface area contributed by atoms with Gasteiger partial charge in [0.2, 0.25) is 5.91 Å². The predicted octanol–water partition coefficient (Wildman–Crippen LogP) is 0.228. The van der Waals surface area contributed by atoms with E-state index in [2.05, 4.69) is 0 Å². The number of fused-ring (bicyclic) bond motifs is 1. The van der Waals surface area contributed by atoms with Gasteiger partial charge in [0.1, 0.15) is 6.73 Å². The number of nitrogens with zero attached hydrogens (tertiary/aromatic N) is 1. The number of carbonyl (C=O) groups is 1. The molecule has 0 saturated carbocycles. The van der Waals surface area contributed by atoms with E-state index in [4.69, 9.17) is 9.47 Å². The van der Waals surface area contributed by atoms with Crippen LogP contribution in [0.4, 0.5) is 0 Å². The summed E-state index contributed by atoms with van der Waals surface area (Å²) < 4.78 is 10.2. The summed E-state index contributed by atoms with van der Waals surface area (Å²) in [6.45, 7) is 1.89. The molecule has 2 fully saturated rings. The van der Waals surface area contributed by atoms with Gasteiger partial charge in [-0.15, -0.1) is 0 Å². The van der Waals surface area contributed by atoms with Crippen LogP contribution in [0.1, 0.15) is 12.8 Å². The topological polar surface area (TPSA) is 38.8 Å². The van der Waals surface area contributed by atoms with Crippen molar-refractivity contribution in [1.29, 1.82) is 0 Å². The van der Waals surface area contributed by atoms with Crippen LogP contribution in [0, 0.1) is 5.92 Å². The van der Waals surface area contributed by atoms with Gasteiger partial charge in [0.15, 0.2) is 0 Å². The fraction of sp³-hybridized carbons (Fsp3) is 0.889. The Labute approximate surface area is 77.8 Å². The SMILES string of the molecule is COCCC1CC2COCN2C1=O. The van der Waals surface area contributed by atoms with E-state index < -0.39 is 0 Å². The molecule has 2 heterocycles. The monoisotopic (exact) mass is 185 g/mol. The van der Waals surface area contributed by atoms with Gasteiger partial charge in [-0.1, -0.05) is 0 Å². The Morgan fingerprint density at radius 1 is 1.69 bits per heavy atom. The molecule has 0 radical (unpaired) electrons. The first-order valence-electron chi connectivity index (χ1n) is 4.70. The van der Waals surface area contributed by atoms with Gasteiger partial charge in [-0.3, -0.25) is 4.79 Å². The molecule has 1 amide bonds. The van der Waals surface area contributed by atoms with Gasteiger partial charge in [0, 0.05) is 19.6 Å². The van der Waals surface area contributed by atoms with Crippen LogP contribution in [0.25, 0.3) is 0 Å². The molecule has 0 aliphatic carbocycles. The van der Waals surface area contributed by atoms with Crippen molar-refractivity contribution in [2.24, 2.45) is 5.92 Å². The van der Waals surface area contributed by atoms with Gasteiger partial charge in [0.05, 0.1) is 12.6 Å². The molecule has 2 rings (SSSR count). The van der Waals surface area contributed by atoms with Crippen molar-refractivity contribution in [2.75, 3.05) is 27.1 Å². The molecule has 2 saturated heterocycles. The van der Waals surface area contributed by atoms with Gasteiger partial charge in [-0.25, -0.2) is 0 Å². The van der Waals surface area contributed by atoms with Gasteiger partial charge in [0.25, 0.3) is 0 Å². The standard InChI is InChI=1S/C9H15NO3/c1-12-3-2-7-4-8-5-13-6-10(8)9(7)11/h7-8H,2-6H2,1H3. The minimum Gasteiger partial charge on any atom is -0.385 e. The molecule has 74 valence electrons. The third kappa shape index (κ3) is 1.56. The summed E-state index contributed by atoms with van der Waals surface area (Å²) in [5.74, 6) is 0.424. The van der Waals surface area contributed by atoms with E-state index in [1.165, 1.54) is 0 Å². The highest BCUT2D eigenvalue weighted by molar-refractivity contribution is 5.81. The fourth-order valence-electron chi connectivity index (χ4n) is 2.09. The Kier molecular flexibility index (Phi) is 2.51. The summed E-state index contributed by atoms with van der Waals surface area (Å²) in [5, 5.41) is 0. The van der Waals surface area contributed by atoms with E-state index in [1.807, 2.05) is 4.90 Å². The second kappa shape index (κ2) is 3.64. The van der Waals surface area contributed by atoms with E-state index in [-0.39, 0.29) is 11.8 Å². The van der Waals surface area contributed by atoms with Crippen molar-refractivity contribution in [3.05, 3.63) is 0 Å². The maximum atomic E-state index is 11.7. The first kappa shape index (κ1) is 8.97. The van der Waals surface area contributed by atoms with Crippen LogP contribution in [-0.2, 0) is 14.3 Å². The summed E-state index contributed by atoms with van der Waals surface area (Å²) in [6.07, 6.45) is 1.80. The summed E-state index contributed by atoms with van der Waals surface area (Å²) in [5.41, 5.74) is 0. The predicted molar refractivity (Wildman–Crippen MR) is 46.1 cm³/mol. The largest absolute Gasteiger partial charge is 0.385 e. The van der Waals surface area contributed by atoms with Gasteiger partial charge >= 0.3 is 0 Å². The first-order chi connectivity index (χ1) is 6.33. The van der Waals surface area contributed by atoms with Crippen LogP contribution in [0.2, 0.25) is 0 Å². The van der Waals surface area contributed by atoms with Crippen LogP contribution in [0.15, 0.2) is 0 Å².